The van der Waals surface area contributed by atoms with Crippen LogP contribution in [-0.2, 0) is 12.4 Å². The van der Waals surface area contributed by atoms with Crippen LogP contribution in [0.2, 0.25) is 0 Å². The average Bonchev–Trinajstić information content (AvgIpc) is 3.50. The van der Waals surface area contributed by atoms with Crippen molar-refractivity contribution in [2.24, 2.45) is 0 Å². The smallest absolute Gasteiger partial charge is 0.328 e. The standard InChI is InChI=1S/C26H16F7N5S/c27-18-11-21-20(34-22(38(21)17-7-8-17)13-3-1-5-15(9-13)25(28,29)30)12-19(18)35-24-37-36-23(39-24)14-4-2-6-16(10-14)26(31,32)33/h1-6,9-12,17H,7-8H2,(H,35,37). The maximum absolute atomic E-state index is 15.2. The monoisotopic (exact) mass is 563 g/mol. The van der Waals surface area contributed by atoms with Gasteiger partial charge in [0.1, 0.15) is 16.6 Å². The molecule has 2 heterocycles. The zero-order valence-corrected chi connectivity index (χ0v) is 20.4. The van der Waals surface area contributed by atoms with Crippen LogP contribution in [0.25, 0.3) is 33.0 Å². The Hall–Kier alpha value is -4.00. The Bertz CT molecular complexity index is 1700. The van der Waals surface area contributed by atoms with Gasteiger partial charge in [0.15, 0.2) is 0 Å². The van der Waals surface area contributed by atoms with Gasteiger partial charge in [0.05, 0.1) is 27.8 Å². The summed E-state index contributed by atoms with van der Waals surface area (Å²) in [5.74, 6) is -0.353. The lowest BCUT2D eigenvalue weighted by atomic mass is 10.1. The number of benzene rings is 3. The summed E-state index contributed by atoms with van der Waals surface area (Å²) in [5, 5.41) is 11.0. The molecule has 0 bridgehead atoms. The number of hydrogen-bond acceptors (Lipinski definition) is 5. The first-order valence-electron chi connectivity index (χ1n) is 11.6. The first kappa shape index (κ1) is 25.3. The van der Waals surface area contributed by atoms with E-state index in [0.717, 1.165) is 48.4 Å². The van der Waals surface area contributed by atoms with Crippen LogP contribution in [0, 0.1) is 5.82 Å². The molecule has 200 valence electrons. The van der Waals surface area contributed by atoms with E-state index in [1.807, 2.05) is 0 Å². The maximum atomic E-state index is 15.2. The van der Waals surface area contributed by atoms with Gasteiger partial charge in [0, 0.05) is 23.2 Å². The van der Waals surface area contributed by atoms with Crippen LogP contribution in [0.3, 0.4) is 0 Å². The van der Waals surface area contributed by atoms with E-state index in [4.69, 9.17) is 0 Å². The normalized spacial score (nSPS) is 14.2. The van der Waals surface area contributed by atoms with Gasteiger partial charge in [0.25, 0.3) is 0 Å². The Labute approximate surface area is 219 Å². The predicted molar refractivity (Wildman–Crippen MR) is 132 cm³/mol. The molecule has 0 radical (unpaired) electrons. The van der Waals surface area contributed by atoms with Crippen LogP contribution in [0.1, 0.15) is 30.0 Å². The molecule has 5 aromatic rings. The zero-order valence-electron chi connectivity index (χ0n) is 19.6. The molecule has 3 aromatic carbocycles. The number of halogens is 7. The number of nitrogens with one attached hydrogen (secondary N) is 1. The number of imidazole rings is 1. The van der Waals surface area contributed by atoms with Gasteiger partial charge >= 0.3 is 12.4 Å². The number of anilines is 2. The van der Waals surface area contributed by atoms with Crippen molar-refractivity contribution in [1.82, 2.24) is 19.7 Å². The second kappa shape index (κ2) is 9.04. The van der Waals surface area contributed by atoms with Crippen LogP contribution in [0.4, 0.5) is 41.6 Å². The number of alkyl halides is 6. The summed E-state index contributed by atoms with van der Waals surface area (Å²) in [6.45, 7) is 0. The van der Waals surface area contributed by atoms with Crippen molar-refractivity contribution in [2.45, 2.75) is 31.2 Å². The number of hydrogen-bond donors (Lipinski definition) is 1. The Balaban J connectivity index is 1.35. The SMILES string of the molecule is Fc1cc2c(cc1Nc1nnc(-c3cccc(C(F)(F)F)c3)s1)nc(-c1cccc(C(F)(F)F)c1)n2C1CC1. The van der Waals surface area contributed by atoms with Crippen molar-refractivity contribution < 1.29 is 30.7 Å². The highest BCUT2D eigenvalue weighted by molar-refractivity contribution is 7.18. The zero-order chi connectivity index (χ0) is 27.5. The van der Waals surface area contributed by atoms with E-state index in [0.29, 0.717) is 16.9 Å². The topological polar surface area (TPSA) is 55.6 Å². The van der Waals surface area contributed by atoms with Crippen molar-refractivity contribution in [3.05, 3.63) is 77.6 Å². The molecule has 0 aliphatic heterocycles. The molecule has 0 atom stereocenters. The van der Waals surface area contributed by atoms with Gasteiger partial charge in [-0.15, -0.1) is 10.2 Å². The molecule has 1 N–H and O–H groups in total. The first-order valence-corrected chi connectivity index (χ1v) is 12.5. The van der Waals surface area contributed by atoms with Gasteiger partial charge < -0.3 is 9.88 Å². The molecule has 0 unspecified atom stereocenters. The summed E-state index contributed by atoms with van der Waals surface area (Å²) in [4.78, 5) is 4.55. The van der Waals surface area contributed by atoms with E-state index < -0.39 is 29.3 Å². The Kier molecular flexibility index (Phi) is 5.86. The quantitative estimate of drug-likeness (QED) is 0.218. The van der Waals surface area contributed by atoms with Crippen molar-refractivity contribution in [1.29, 1.82) is 0 Å². The molecule has 0 amide bonds. The van der Waals surface area contributed by atoms with E-state index in [9.17, 15) is 26.3 Å². The molecule has 0 spiro atoms. The van der Waals surface area contributed by atoms with E-state index in [1.54, 1.807) is 4.57 Å². The fourth-order valence-corrected chi connectivity index (χ4v) is 5.04. The molecule has 2 aromatic heterocycles. The molecule has 1 saturated carbocycles. The summed E-state index contributed by atoms with van der Waals surface area (Å²) in [6, 6.07) is 12.1. The minimum absolute atomic E-state index is 0.00376. The third kappa shape index (κ3) is 4.93. The van der Waals surface area contributed by atoms with Gasteiger partial charge in [0.2, 0.25) is 5.13 Å². The number of fused-ring (bicyclic) bond motifs is 1. The van der Waals surface area contributed by atoms with Crippen LogP contribution in [-0.4, -0.2) is 19.7 Å². The highest BCUT2D eigenvalue weighted by Crippen LogP contribution is 2.43. The summed E-state index contributed by atoms with van der Waals surface area (Å²) in [5.41, 5.74) is -0.376. The molecule has 1 fully saturated rings. The van der Waals surface area contributed by atoms with Crippen LogP contribution in [0.15, 0.2) is 60.7 Å². The molecular weight excluding hydrogens is 547 g/mol. The van der Waals surface area contributed by atoms with Gasteiger partial charge in [-0.25, -0.2) is 9.37 Å². The summed E-state index contributed by atoms with van der Waals surface area (Å²) in [7, 11) is 0. The molecule has 6 rings (SSSR count). The largest absolute Gasteiger partial charge is 0.416 e. The number of rotatable bonds is 5. The molecular formula is C26H16F7N5S. The highest BCUT2D eigenvalue weighted by atomic mass is 32.1. The predicted octanol–water partition coefficient (Wildman–Crippen LogP) is 8.48. The molecule has 5 nitrogen and oxygen atoms in total. The first-order chi connectivity index (χ1) is 18.5. The lowest BCUT2D eigenvalue weighted by Crippen LogP contribution is -2.05. The van der Waals surface area contributed by atoms with E-state index in [2.05, 4.69) is 20.5 Å². The Morgan fingerprint density at radius 1 is 0.821 bits per heavy atom. The fraction of sp³-hybridized carbons (Fsp3) is 0.192. The second-order valence-electron chi connectivity index (χ2n) is 9.05. The third-order valence-corrected chi connectivity index (χ3v) is 7.13. The van der Waals surface area contributed by atoms with Gasteiger partial charge in [-0.2, -0.15) is 26.3 Å². The van der Waals surface area contributed by atoms with Crippen molar-refractivity contribution in [3.63, 3.8) is 0 Å². The molecule has 0 saturated heterocycles. The van der Waals surface area contributed by atoms with Crippen molar-refractivity contribution in [3.8, 4) is 22.0 Å². The Morgan fingerprint density at radius 2 is 1.46 bits per heavy atom. The molecule has 39 heavy (non-hydrogen) atoms. The van der Waals surface area contributed by atoms with Gasteiger partial charge in [-0.05, 0) is 43.2 Å². The Morgan fingerprint density at radius 3 is 2.10 bits per heavy atom. The van der Waals surface area contributed by atoms with Gasteiger partial charge in [-0.3, -0.25) is 0 Å². The summed E-state index contributed by atoms with van der Waals surface area (Å²) < 4.78 is 96.1. The minimum atomic E-state index is -4.52. The van der Waals surface area contributed by atoms with E-state index in [-0.39, 0.29) is 33.0 Å². The lowest BCUT2D eigenvalue weighted by Gasteiger charge is -2.11. The van der Waals surface area contributed by atoms with Gasteiger partial charge in [-0.1, -0.05) is 35.6 Å². The van der Waals surface area contributed by atoms with Crippen molar-refractivity contribution in [2.75, 3.05) is 5.32 Å². The second-order valence-corrected chi connectivity index (χ2v) is 10.0. The third-order valence-electron chi connectivity index (χ3n) is 6.24. The van der Waals surface area contributed by atoms with E-state index >= 15 is 4.39 Å². The highest BCUT2D eigenvalue weighted by Gasteiger charge is 2.33. The molecule has 1 aliphatic carbocycles. The van der Waals surface area contributed by atoms with Crippen LogP contribution < -0.4 is 5.32 Å². The summed E-state index contributed by atoms with van der Waals surface area (Å²) in [6.07, 6.45) is -7.45. The fourth-order valence-electron chi connectivity index (χ4n) is 4.29. The van der Waals surface area contributed by atoms with Crippen molar-refractivity contribution >= 4 is 33.2 Å². The van der Waals surface area contributed by atoms with Crippen LogP contribution >= 0.6 is 11.3 Å². The molecule has 13 heteroatoms. The van der Waals surface area contributed by atoms with Crippen LogP contribution in [0.5, 0.6) is 0 Å². The van der Waals surface area contributed by atoms with E-state index in [1.165, 1.54) is 36.4 Å². The number of aromatic nitrogens is 4. The molecule has 1 aliphatic rings. The average molecular weight is 564 g/mol. The number of nitrogens with zero attached hydrogens (tertiary/aromatic N) is 4. The maximum Gasteiger partial charge on any atom is 0.416 e. The minimum Gasteiger partial charge on any atom is -0.328 e. The lowest BCUT2D eigenvalue weighted by molar-refractivity contribution is -0.138. The summed E-state index contributed by atoms with van der Waals surface area (Å²) >= 11 is 0.939.